The van der Waals surface area contributed by atoms with Gasteiger partial charge in [-0.2, -0.15) is 11.3 Å². The van der Waals surface area contributed by atoms with Crippen molar-refractivity contribution in [3.8, 4) is 0 Å². The highest BCUT2D eigenvalue weighted by Crippen LogP contribution is 2.29. The summed E-state index contributed by atoms with van der Waals surface area (Å²) in [7, 11) is 0. The van der Waals surface area contributed by atoms with E-state index in [4.69, 9.17) is 0 Å². The molecule has 0 aliphatic heterocycles. The number of benzene rings is 1. The van der Waals surface area contributed by atoms with E-state index in [2.05, 4.69) is 66.9 Å². The van der Waals surface area contributed by atoms with Crippen LogP contribution in [-0.4, -0.2) is 0 Å². The summed E-state index contributed by atoms with van der Waals surface area (Å²) in [5.41, 5.74) is 2.71. The molecule has 0 saturated heterocycles. The first-order valence-corrected chi connectivity index (χ1v) is 7.31. The zero-order valence-corrected chi connectivity index (χ0v) is 12.0. The van der Waals surface area contributed by atoms with Crippen LogP contribution < -0.4 is 0 Å². The van der Waals surface area contributed by atoms with Gasteiger partial charge in [-0.3, -0.25) is 0 Å². The van der Waals surface area contributed by atoms with Crippen LogP contribution in [0, 0.1) is 0 Å². The van der Waals surface area contributed by atoms with E-state index in [1.807, 2.05) is 6.07 Å². The molecular weight excluding hydrogens is 336 g/mol. The van der Waals surface area contributed by atoms with Crippen molar-refractivity contribution in [2.45, 2.75) is 11.2 Å². The molecule has 0 N–H and O–H groups in total. The fourth-order valence-corrected chi connectivity index (χ4v) is 3.19. The van der Waals surface area contributed by atoms with Crippen LogP contribution in [0.2, 0.25) is 0 Å². The Morgan fingerprint density at radius 2 is 2.13 bits per heavy atom. The zero-order chi connectivity index (χ0) is 10.7. The molecule has 0 aliphatic rings. The van der Waals surface area contributed by atoms with Gasteiger partial charge < -0.3 is 0 Å². The van der Waals surface area contributed by atoms with Crippen molar-refractivity contribution < 1.29 is 0 Å². The molecule has 3 heteroatoms. The minimum absolute atomic E-state index is 0.393. The number of thiophene rings is 1. The van der Waals surface area contributed by atoms with Gasteiger partial charge in [-0.05, 0) is 46.5 Å². The number of alkyl halides is 1. The van der Waals surface area contributed by atoms with E-state index >= 15 is 0 Å². The average molecular weight is 346 g/mol. The van der Waals surface area contributed by atoms with Crippen molar-refractivity contribution in [1.29, 1.82) is 0 Å². The minimum atomic E-state index is 0.393. The number of halogens is 2. The molecule has 1 aromatic heterocycles. The molecule has 0 fully saturated rings. The number of rotatable bonds is 3. The molecule has 0 saturated carbocycles. The molecule has 2 aromatic rings. The van der Waals surface area contributed by atoms with Gasteiger partial charge in [0.1, 0.15) is 0 Å². The Kier molecular flexibility index (Phi) is 4.00. The van der Waals surface area contributed by atoms with Gasteiger partial charge in [-0.15, -0.1) is 0 Å². The molecule has 0 aliphatic carbocycles. The molecule has 78 valence electrons. The molecule has 1 atom stereocenters. The normalized spacial score (nSPS) is 12.7. The predicted octanol–water partition coefficient (Wildman–Crippen LogP) is 5.19. The Balaban J connectivity index is 2.11. The first-order chi connectivity index (χ1) is 7.25. The Morgan fingerprint density at radius 3 is 2.80 bits per heavy atom. The average Bonchev–Trinajstić information content (AvgIpc) is 2.70. The molecule has 0 amide bonds. The summed E-state index contributed by atoms with van der Waals surface area (Å²) in [6, 6.07) is 10.6. The monoisotopic (exact) mass is 344 g/mol. The molecule has 1 heterocycles. The highest BCUT2D eigenvalue weighted by Gasteiger charge is 2.08. The number of hydrogen-bond donors (Lipinski definition) is 0. The molecule has 1 unspecified atom stereocenters. The lowest BCUT2D eigenvalue weighted by molar-refractivity contribution is 0.953. The van der Waals surface area contributed by atoms with Crippen molar-refractivity contribution in [3.05, 3.63) is 56.7 Å². The van der Waals surface area contributed by atoms with Crippen LogP contribution >= 0.6 is 43.2 Å². The molecule has 0 nitrogen and oxygen atoms in total. The van der Waals surface area contributed by atoms with Crippen LogP contribution in [0.25, 0.3) is 0 Å². The summed E-state index contributed by atoms with van der Waals surface area (Å²) in [5.74, 6) is 0. The van der Waals surface area contributed by atoms with Crippen LogP contribution in [0.5, 0.6) is 0 Å². The van der Waals surface area contributed by atoms with Gasteiger partial charge in [0.2, 0.25) is 0 Å². The van der Waals surface area contributed by atoms with Crippen LogP contribution in [0.15, 0.2) is 45.6 Å². The number of hydrogen-bond acceptors (Lipinski definition) is 1. The van der Waals surface area contributed by atoms with Gasteiger partial charge in [0.25, 0.3) is 0 Å². The van der Waals surface area contributed by atoms with E-state index in [1.165, 1.54) is 11.1 Å². The van der Waals surface area contributed by atoms with Crippen molar-refractivity contribution in [1.82, 2.24) is 0 Å². The largest absolute Gasteiger partial charge is 0.152 e. The summed E-state index contributed by atoms with van der Waals surface area (Å²) < 4.78 is 1.13. The van der Waals surface area contributed by atoms with Gasteiger partial charge in [0, 0.05) is 9.30 Å². The van der Waals surface area contributed by atoms with Crippen LogP contribution in [0.1, 0.15) is 16.0 Å². The molecule has 0 radical (unpaired) electrons. The van der Waals surface area contributed by atoms with Crippen molar-refractivity contribution in [3.63, 3.8) is 0 Å². The fourth-order valence-electron chi connectivity index (χ4n) is 1.44. The van der Waals surface area contributed by atoms with E-state index in [-0.39, 0.29) is 0 Å². The molecule has 0 spiro atoms. The van der Waals surface area contributed by atoms with Gasteiger partial charge in [-0.25, -0.2) is 0 Å². The molecule has 1 aromatic carbocycles. The third-order valence-corrected chi connectivity index (χ3v) is 4.28. The fraction of sp³-hybridized carbons (Fsp3) is 0.167. The summed E-state index contributed by atoms with van der Waals surface area (Å²) in [5, 5.41) is 4.32. The highest BCUT2D eigenvalue weighted by molar-refractivity contribution is 9.10. The summed E-state index contributed by atoms with van der Waals surface area (Å²) in [6.45, 7) is 0. The van der Waals surface area contributed by atoms with Crippen molar-refractivity contribution in [2.75, 3.05) is 0 Å². The summed E-state index contributed by atoms with van der Waals surface area (Å²) >= 11 is 8.96. The lowest BCUT2D eigenvalue weighted by Gasteiger charge is -2.09. The predicted molar refractivity (Wildman–Crippen MR) is 73.8 cm³/mol. The zero-order valence-electron chi connectivity index (χ0n) is 7.99. The Morgan fingerprint density at radius 1 is 1.27 bits per heavy atom. The molecule has 2 rings (SSSR count). The van der Waals surface area contributed by atoms with Gasteiger partial charge >= 0.3 is 0 Å². The second-order valence-electron chi connectivity index (χ2n) is 3.36. The van der Waals surface area contributed by atoms with Crippen molar-refractivity contribution in [2.24, 2.45) is 0 Å². The second kappa shape index (κ2) is 5.28. The maximum absolute atomic E-state index is 3.73. The molecule has 0 bridgehead atoms. The first-order valence-electron chi connectivity index (χ1n) is 4.66. The second-order valence-corrected chi connectivity index (χ2v) is 6.16. The lowest BCUT2D eigenvalue weighted by atomic mass is 10.1. The standard InChI is InChI=1S/C12H10Br2S/c13-11-3-1-2-10(7-11)12(14)6-9-4-5-15-8-9/h1-5,7-8,12H,6H2. The SMILES string of the molecule is Brc1cccc(C(Br)Cc2ccsc2)c1. The third-order valence-electron chi connectivity index (χ3n) is 2.21. The Bertz CT molecular complexity index is 423. The smallest absolute Gasteiger partial charge is 0.0436 e. The van der Waals surface area contributed by atoms with E-state index in [9.17, 15) is 0 Å². The van der Waals surface area contributed by atoms with Gasteiger partial charge in [0.15, 0.2) is 0 Å². The Hall–Kier alpha value is -0.120. The quantitative estimate of drug-likeness (QED) is 0.671. The minimum Gasteiger partial charge on any atom is -0.152 e. The van der Waals surface area contributed by atoms with Crippen LogP contribution in [-0.2, 0) is 6.42 Å². The van der Waals surface area contributed by atoms with Crippen LogP contribution in [0.4, 0.5) is 0 Å². The van der Waals surface area contributed by atoms with Crippen LogP contribution in [0.3, 0.4) is 0 Å². The third kappa shape index (κ3) is 3.16. The topological polar surface area (TPSA) is 0 Å². The van der Waals surface area contributed by atoms with Gasteiger partial charge in [0.05, 0.1) is 0 Å². The van der Waals surface area contributed by atoms with E-state index in [0.717, 1.165) is 10.9 Å². The molecular formula is C12H10Br2S. The van der Waals surface area contributed by atoms with E-state index in [1.54, 1.807) is 11.3 Å². The Labute approximate surface area is 111 Å². The maximum atomic E-state index is 3.73. The highest BCUT2D eigenvalue weighted by atomic mass is 79.9. The molecule has 15 heavy (non-hydrogen) atoms. The van der Waals surface area contributed by atoms with E-state index < -0.39 is 0 Å². The maximum Gasteiger partial charge on any atom is 0.0436 e. The van der Waals surface area contributed by atoms with E-state index in [0.29, 0.717) is 4.83 Å². The summed E-state index contributed by atoms with van der Waals surface area (Å²) in [4.78, 5) is 0.393. The van der Waals surface area contributed by atoms with Crippen molar-refractivity contribution >= 4 is 43.2 Å². The first kappa shape index (κ1) is 11.4. The van der Waals surface area contributed by atoms with Gasteiger partial charge in [-0.1, -0.05) is 44.0 Å². The summed E-state index contributed by atoms with van der Waals surface area (Å²) in [6.07, 6.45) is 1.04. The lowest BCUT2D eigenvalue weighted by Crippen LogP contribution is -1.93.